The van der Waals surface area contributed by atoms with E-state index < -0.39 is 23.5 Å². The highest BCUT2D eigenvalue weighted by Crippen LogP contribution is 2.39. The zero-order chi connectivity index (χ0) is 25.7. The van der Waals surface area contributed by atoms with Gasteiger partial charge < -0.3 is 24.4 Å². The second-order valence-corrected chi connectivity index (χ2v) is 9.73. The predicted molar refractivity (Wildman–Crippen MR) is 135 cm³/mol. The van der Waals surface area contributed by atoms with Gasteiger partial charge in [0.2, 0.25) is 5.78 Å². The number of carbonyl (C=O) groups is 2. The molecule has 36 heavy (non-hydrogen) atoms. The minimum Gasteiger partial charge on any atom is -0.872 e. The Balaban J connectivity index is 1.65. The van der Waals surface area contributed by atoms with E-state index in [-0.39, 0.29) is 11.7 Å². The van der Waals surface area contributed by atoms with Crippen molar-refractivity contribution in [2.45, 2.75) is 45.8 Å². The molecule has 192 valence electrons. The molecule has 1 amide bonds. The fourth-order valence-corrected chi connectivity index (χ4v) is 4.91. The molecule has 2 aliphatic heterocycles. The number of quaternary nitrogens is 1. The first-order chi connectivity index (χ1) is 17.4. The van der Waals surface area contributed by atoms with Crippen molar-refractivity contribution in [3.8, 4) is 5.75 Å². The van der Waals surface area contributed by atoms with E-state index in [1.165, 1.54) is 4.90 Å². The molecule has 0 bridgehead atoms. The van der Waals surface area contributed by atoms with Crippen molar-refractivity contribution >= 4 is 17.4 Å². The molecule has 1 N–H and O–H groups in total. The van der Waals surface area contributed by atoms with Crippen LogP contribution in [-0.4, -0.2) is 62.1 Å². The first-order valence-electron chi connectivity index (χ1n) is 12.9. The Bertz CT molecular complexity index is 1090. The quantitative estimate of drug-likeness (QED) is 0.326. The van der Waals surface area contributed by atoms with Gasteiger partial charge >= 0.3 is 0 Å². The van der Waals surface area contributed by atoms with Crippen molar-refractivity contribution < 1.29 is 29.1 Å². The fraction of sp³-hybridized carbons (Fsp3) is 0.448. The van der Waals surface area contributed by atoms with Crippen LogP contribution < -0.4 is 14.7 Å². The summed E-state index contributed by atoms with van der Waals surface area (Å²) in [5, 5.41) is 13.6. The number of morpholine rings is 1. The number of aryl methyl sites for hydroxylation is 1. The Morgan fingerprint density at radius 3 is 2.36 bits per heavy atom. The third-order valence-electron chi connectivity index (χ3n) is 6.85. The molecule has 0 aromatic heterocycles. The summed E-state index contributed by atoms with van der Waals surface area (Å²) in [5.41, 5.74) is 2.34. The summed E-state index contributed by atoms with van der Waals surface area (Å²) >= 11 is 0. The number of Topliss-reactive ketones (excluding diaryl/α,β-unsaturated/α-hetero) is 1. The number of rotatable bonds is 9. The molecule has 2 heterocycles. The minimum absolute atomic E-state index is 0.0123. The first kappa shape index (κ1) is 25.9. The van der Waals surface area contributed by atoms with Crippen LogP contribution in [0.4, 0.5) is 0 Å². The maximum atomic E-state index is 13.6. The third-order valence-corrected chi connectivity index (χ3v) is 6.85. The largest absolute Gasteiger partial charge is 0.872 e. The van der Waals surface area contributed by atoms with E-state index in [0.717, 1.165) is 56.8 Å². The van der Waals surface area contributed by atoms with Crippen LogP contribution in [0.3, 0.4) is 0 Å². The summed E-state index contributed by atoms with van der Waals surface area (Å²) < 4.78 is 11.1. The standard InChI is InChI=1S/C29H36N2O5/c1-4-21-6-8-22(9-7-21)26-25(27(32)23-10-12-24(13-11-23)36-20(2)3)28(33)29(34)31(26)15-5-14-30-16-18-35-19-17-30/h6-13,20,26,32H,4-5,14-19H2,1-3H3. The summed E-state index contributed by atoms with van der Waals surface area (Å²) in [5.74, 6) is -1.06. The summed E-state index contributed by atoms with van der Waals surface area (Å²) in [4.78, 5) is 29.4. The SMILES string of the molecule is CCc1ccc(C2C(=C([O-])c3ccc(OC(C)C)cc3)C(=O)C(=O)N2CCC[NH+]2CCOCC2)cc1. The maximum absolute atomic E-state index is 13.6. The number of ketones is 1. The lowest BCUT2D eigenvalue weighted by Gasteiger charge is -2.29. The third kappa shape index (κ3) is 5.79. The highest BCUT2D eigenvalue weighted by molar-refractivity contribution is 6.46. The van der Waals surface area contributed by atoms with Gasteiger partial charge in [-0.15, -0.1) is 0 Å². The topological polar surface area (TPSA) is 83.3 Å². The Morgan fingerprint density at radius 2 is 1.75 bits per heavy atom. The summed E-state index contributed by atoms with van der Waals surface area (Å²) in [6.07, 6.45) is 1.65. The van der Waals surface area contributed by atoms with Crippen LogP contribution >= 0.6 is 0 Å². The van der Waals surface area contributed by atoms with Crippen LogP contribution in [0.2, 0.25) is 0 Å². The molecule has 0 radical (unpaired) electrons. The van der Waals surface area contributed by atoms with Crippen LogP contribution in [-0.2, 0) is 20.7 Å². The zero-order valence-corrected chi connectivity index (χ0v) is 21.4. The van der Waals surface area contributed by atoms with Crippen molar-refractivity contribution in [1.82, 2.24) is 4.90 Å². The van der Waals surface area contributed by atoms with Gasteiger partial charge in [-0.25, -0.2) is 0 Å². The number of hydrogen-bond donors (Lipinski definition) is 1. The Kier molecular flexibility index (Phi) is 8.44. The number of carbonyl (C=O) groups excluding carboxylic acids is 2. The van der Waals surface area contributed by atoms with Crippen molar-refractivity contribution in [3.63, 3.8) is 0 Å². The van der Waals surface area contributed by atoms with Crippen molar-refractivity contribution in [2.75, 3.05) is 39.4 Å². The molecule has 2 aromatic rings. The molecule has 1 atom stereocenters. The van der Waals surface area contributed by atoms with Gasteiger partial charge in [-0.2, -0.15) is 0 Å². The monoisotopic (exact) mass is 492 g/mol. The lowest BCUT2D eigenvalue weighted by Crippen LogP contribution is -3.14. The molecule has 2 saturated heterocycles. The molecule has 0 spiro atoms. The number of ether oxygens (including phenoxy) is 2. The van der Waals surface area contributed by atoms with Crippen LogP contribution in [0.5, 0.6) is 5.75 Å². The molecule has 7 nitrogen and oxygen atoms in total. The number of amides is 1. The van der Waals surface area contributed by atoms with Gasteiger partial charge in [0.25, 0.3) is 5.91 Å². The second-order valence-electron chi connectivity index (χ2n) is 9.73. The van der Waals surface area contributed by atoms with Gasteiger partial charge in [-0.1, -0.05) is 49.1 Å². The van der Waals surface area contributed by atoms with E-state index in [1.54, 1.807) is 29.2 Å². The van der Waals surface area contributed by atoms with Gasteiger partial charge in [-0.05, 0) is 49.1 Å². The summed E-state index contributed by atoms with van der Waals surface area (Å²) in [6, 6.07) is 13.9. The van der Waals surface area contributed by atoms with Gasteiger partial charge in [0.1, 0.15) is 18.8 Å². The lowest BCUT2D eigenvalue weighted by atomic mass is 9.94. The second kappa shape index (κ2) is 11.7. The zero-order valence-electron chi connectivity index (χ0n) is 21.4. The minimum atomic E-state index is -0.703. The Labute approximate surface area is 213 Å². The molecule has 1 unspecified atom stereocenters. The Morgan fingerprint density at radius 1 is 1.08 bits per heavy atom. The molecule has 0 aliphatic carbocycles. The van der Waals surface area contributed by atoms with Gasteiger partial charge in [0.15, 0.2) is 0 Å². The van der Waals surface area contributed by atoms with Crippen LogP contribution in [0, 0.1) is 0 Å². The predicted octanol–water partition coefficient (Wildman–Crippen LogP) is 1.57. The average Bonchev–Trinajstić information content (AvgIpc) is 3.14. The number of likely N-dealkylation sites (tertiary alicyclic amines) is 1. The van der Waals surface area contributed by atoms with Gasteiger partial charge in [0.05, 0.1) is 31.9 Å². The number of nitrogens with zero attached hydrogens (tertiary/aromatic N) is 1. The smallest absolute Gasteiger partial charge is 0.295 e. The fourth-order valence-electron chi connectivity index (χ4n) is 4.91. The van der Waals surface area contributed by atoms with Crippen LogP contribution in [0.1, 0.15) is 49.9 Å². The van der Waals surface area contributed by atoms with E-state index in [4.69, 9.17) is 9.47 Å². The molecule has 2 fully saturated rings. The number of benzene rings is 2. The Hall–Kier alpha value is -3.16. The molecular formula is C29H36N2O5. The van der Waals surface area contributed by atoms with E-state index in [2.05, 4.69) is 6.92 Å². The van der Waals surface area contributed by atoms with Crippen molar-refractivity contribution in [2.24, 2.45) is 0 Å². The van der Waals surface area contributed by atoms with E-state index in [9.17, 15) is 14.7 Å². The molecule has 7 heteroatoms. The highest BCUT2D eigenvalue weighted by atomic mass is 16.5. The van der Waals surface area contributed by atoms with E-state index in [0.29, 0.717) is 17.9 Å². The molecule has 0 saturated carbocycles. The van der Waals surface area contributed by atoms with Crippen LogP contribution in [0.25, 0.3) is 5.76 Å². The highest BCUT2D eigenvalue weighted by Gasteiger charge is 2.44. The number of hydrogen-bond acceptors (Lipinski definition) is 5. The maximum Gasteiger partial charge on any atom is 0.295 e. The van der Waals surface area contributed by atoms with Gasteiger partial charge in [-0.3, -0.25) is 9.59 Å². The first-order valence-corrected chi connectivity index (χ1v) is 12.9. The summed E-state index contributed by atoms with van der Waals surface area (Å²) in [7, 11) is 0. The van der Waals surface area contributed by atoms with E-state index in [1.807, 2.05) is 38.1 Å². The average molecular weight is 493 g/mol. The number of nitrogens with one attached hydrogen (secondary N) is 1. The van der Waals surface area contributed by atoms with Crippen LogP contribution in [0.15, 0.2) is 54.1 Å². The lowest BCUT2D eigenvalue weighted by molar-refractivity contribution is -0.908. The van der Waals surface area contributed by atoms with Crippen molar-refractivity contribution in [3.05, 3.63) is 70.8 Å². The van der Waals surface area contributed by atoms with Gasteiger partial charge in [0, 0.05) is 18.5 Å². The molecular weight excluding hydrogens is 456 g/mol. The molecule has 4 rings (SSSR count). The van der Waals surface area contributed by atoms with E-state index >= 15 is 0 Å². The molecule has 2 aromatic carbocycles. The summed E-state index contributed by atoms with van der Waals surface area (Å²) in [6.45, 7) is 10.6. The molecule has 2 aliphatic rings. The van der Waals surface area contributed by atoms with Crippen molar-refractivity contribution in [1.29, 1.82) is 0 Å². The normalized spacial score (nSPS) is 20.3.